The fourth-order valence-corrected chi connectivity index (χ4v) is 2.78. The van der Waals surface area contributed by atoms with Crippen molar-refractivity contribution >= 4 is 28.2 Å². The van der Waals surface area contributed by atoms with Crippen molar-refractivity contribution in [2.45, 2.75) is 17.6 Å². The van der Waals surface area contributed by atoms with E-state index in [2.05, 4.69) is 15.3 Å². The number of hydrogen-bond acceptors (Lipinski definition) is 4. The molecule has 19 heavy (non-hydrogen) atoms. The highest BCUT2D eigenvalue weighted by molar-refractivity contribution is 7.84. The smallest absolute Gasteiger partial charge is 0.129 e. The molecule has 100 valence electrons. The Hall–Kier alpha value is -1.46. The topological polar surface area (TPSA) is 54.9 Å². The Balaban J connectivity index is 2.18. The second-order valence-corrected chi connectivity index (χ2v) is 5.87. The summed E-state index contributed by atoms with van der Waals surface area (Å²) in [6.07, 6.45) is 0. The number of aromatic nitrogens is 2. The van der Waals surface area contributed by atoms with E-state index in [9.17, 15) is 4.21 Å². The van der Waals surface area contributed by atoms with Gasteiger partial charge in [-0.05, 0) is 31.2 Å². The van der Waals surface area contributed by atoms with E-state index in [0.29, 0.717) is 16.6 Å². The van der Waals surface area contributed by atoms with Gasteiger partial charge in [0.1, 0.15) is 11.6 Å². The fraction of sp³-hybridized carbons (Fsp3) is 0.231. The van der Waals surface area contributed by atoms with Crippen molar-refractivity contribution in [3.8, 4) is 0 Å². The van der Waals surface area contributed by atoms with Gasteiger partial charge >= 0.3 is 0 Å². The molecule has 0 aliphatic heterocycles. The maximum atomic E-state index is 12.2. The summed E-state index contributed by atoms with van der Waals surface area (Å²) in [5.41, 5.74) is 0.755. The van der Waals surface area contributed by atoms with Crippen LogP contribution >= 0.6 is 11.6 Å². The van der Waals surface area contributed by atoms with Crippen LogP contribution in [0.15, 0.2) is 35.2 Å². The predicted molar refractivity (Wildman–Crippen MR) is 77.9 cm³/mol. The summed E-state index contributed by atoms with van der Waals surface area (Å²) in [6.45, 7) is 1.82. The molecule has 0 aliphatic carbocycles. The lowest BCUT2D eigenvalue weighted by Crippen LogP contribution is -2.04. The van der Waals surface area contributed by atoms with Crippen molar-refractivity contribution in [2.24, 2.45) is 0 Å². The Labute approximate surface area is 119 Å². The number of nitrogens with one attached hydrogen (secondary N) is 1. The first kappa shape index (κ1) is 14.0. The van der Waals surface area contributed by atoms with Crippen LogP contribution < -0.4 is 5.32 Å². The van der Waals surface area contributed by atoms with Gasteiger partial charge < -0.3 is 5.32 Å². The predicted octanol–water partition coefficient (Wildman–Crippen LogP) is 2.79. The highest BCUT2D eigenvalue weighted by atomic mass is 35.5. The van der Waals surface area contributed by atoms with Gasteiger partial charge in [-0.3, -0.25) is 4.21 Å². The lowest BCUT2D eigenvalue weighted by Gasteiger charge is -2.06. The number of anilines is 1. The minimum absolute atomic E-state index is 0.361. The third kappa shape index (κ3) is 3.75. The van der Waals surface area contributed by atoms with Gasteiger partial charge in [-0.1, -0.05) is 11.6 Å². The second kappa shape index (κ2) is 6.12. The average Bonchev–Trinajstić information content (AvgIpc) is 2.38. The van der Waals surface area contributed by atoms with Gasteiger partial charge in [0.25, 0.3) is 0 Å². The molecule has 0 spiro atoms. The Morgan fingerprint density at radius 3 is 2.58 bits per heavy atom. The van der Waals surface area contributed by atoms with Crippen LogP contribution in [0.1, 0.15) is 11.5 Å². The zero-order chi connectivity index (χ0) is 13.8. The number of rotatable bonds is 4. The molecule has 0 aliphatic rings. The number of nitrogens with zero attached hydrogens (tertiary/aromatic N) is 2. The molecule has 1 aromatic heterocycles. The van der Waals surface area contributed by atoms with Gasteiger partial charge in [0.15, 0.2) is 0 Å². The molecule has 0 bridgehead atoms. The summed E-state index contributed by atoms with van der Waals surface area (Å²) < 4.78 is 12.2. The molecule has 0 amide bonds. The molecule has 4 nitrogen and oxygen atoms in total. The van der Waals surface area contributed by atoms with Crippen molar-refractivity contribution in [1.29, 1.82) is 0 Å². The van der Waals surface area contributed by atoms with E-state index in [1.165, 1.54) is 0 Å². The van der Waals surface area contributed by atoms with E-state index >= 15 is 0 Å². The van der Waals surface area contributed by atoms with Crippen LogP contribution in [0.3, 0.4) is 0 Å². The molecule has 2 aromatic rings. The summed E-state index contributed by atoms with van der Waals surface area (Å²) in [7, 11) is 0.655. The number of aryl methyl sites for hydroxylation is 1. The van der Waals surface area contributed by atoms with E-state index < -0.39 is 10.8 Å². The Kier molecular flexibility index (Phi) is 4.50. The van der Waals surface area contributed by atoms with Crippen molar-refractivity contribution in [3.63, 3.8) is 0 Å². The first-order chi connectivity index (χ1) is 9.08. The summed E-state index contributed by atoms with van der Waals surface area (Å²) in [6, 6.07) is 8.82. The van der Waals surface area contributed by atoms with Crippen LogP contribution in [0.25, 0.3) is 0 Å². The summed E-state index contributed by atoms with van der Waals surface area (Å²) in [5.74, 6) is 1.75. The van der Waals surface area contributed by atoms with E-state index in [1.807, 2.05) is 6.92 Å². The maximum absolute atomic E-state index is 12.2. The van der Waals surface area contributed by atoms with Crippen LogP contribution in [0.2, 0.25) is 5.02 Å². The third-order valence-electron chi connectivity index (χ3n) is 2.50. The highest BCUT2D eigenvalue weighted by Gasteiger charge is 2.08. The molecule has 1 N–H and O–H groups in total. The Morgan fingerprint density at radius 1 is 1.26 bits per heavy atom. The van der Waals surface area contributed by atoms with Crippen LogP contribution in [-0.2, 0) is 16.6 Å². The third-order valence-corrected chi connectivity index (χ3v) is 4.11. The van der Waals surface area contributed by atoms with Gasteiger partial charge in [-0.25, -0.2) is 9.97 Å². The molecular weight excluding hydrogens is 282 g/mol. The molecule has 0 saturated heterocycles. The van der Waals surface area contributed by atoms with Crippen LogP contribution in [0.5, 0.6) is 0 Å². The van der Waals surface area contributed by atoms with Crippen molar-refractivity contribution in [1.82, 2.24) is 9.97 Å². The lowest BCUT2D eigenvalue weighted by molar-refractivity contribution is 0.682. The van der Waals surface area contributed by atoms with Crippen LogP contribution in [0, 0.1) is 6.92 Å². The van der Waals surface area contributed by atoms with E-state index in [0.717, 1.165) is 16.4 Å². The van der Waals surface area contributed by atoms with E-state index in [1.54, 1.807) is 37.4 Å². The average molecular weight is 296 g/mol. The normalized spacial score (nSPS) is 12.2. The molecule has 1 heterocycles. The van der Waals surface area contributed by atoms with Gasteiger partial charge in [-0.2, -0.15) is 0 Å². The zero-order valence-electron chi connectivity index (χ0n) is 10.7. The van der Waals surface area contributed by atoms with Gasteiger partial charge in [0.05, 0.1) is 22.2 Å². The molecular formula is C13H14ClN3OS. The van der Waals surface area contributed by atoms with Crippen molar-refractivity contribution in [2.75, 3.05) is 12.4 Å². The highest BCUT2D eigenvalue weighted by Crippen LogP contribution is 2.16. The standard InChI is InChI=1S/C13H14ClN3OS/c1-9-16-11(7-13(15-2)17-9)8-19(18)12-5-3-10(14)4-6-12/h3-7H,8H2,1-2H3,(H,15,16,17)/t19-/m1/s1. The molecule has 0 fully saturated rings. The molecule has 1 atom stereocenters. The van der Waals surface area contributed by atoms with E-state index in [4.69, 9.17) is 11.6 Å². The summed E-state index contributed by atoms with van der Waals surface area (Å²) in [4.78, 5) is 9.24. The molecule has 0 unspecified atom stereocenters. The molecule has 0 radical (unpaired) electrons. The maximum Gasteiger partial charge on any atom is 0.129 e. The Bertz CT molecular complexity index is 601. The number of hydrogen-bond donors (Lipinski definition) is 1. The largest absolute Gasteiger partial charge is 0.373 e. The zero-order valence-corrected chi connectivity index (χ0v) is 12.3. The second-order valence-electron chi connectivity index (χ2n) is 3.99. The monoisotopic (exact) mass is 295 g/mol. The molecule has 0 saturated carbocycles. The van der Waals surface area contributed by atoms with E-state index in [-0.39, 0.29) is 0 Å². The summed E-state index contributed by atoms with van der Waals surface area (Å²) in [5, 5.41) is 3.60. The van der Waals surface area contributed by atoms with Gasteiger partial charge in [0.2, 0.25) is 0 Å². The quantitative estimate of drug-likeness (QED) is 0.942. The van der Waals surface area contributed by atoms with Gasteiger partial charge in [0, 0.05) is 23.0 Å². The van der Waals surface area contributed by atoms with Crippen molar-refractivity contribution < 1.29 is 4.21 Å². The fourth-order valence-electron chi connectivity index (χ4n) is 1.64. The van der Waals surface area contributed by atoms with Crippen LogP contribution in [0.4, 0.5) is 5.82 Å². The first-order valence-electron chi connectivity index (χ1n) is 5.75. The van der Waals surface area contributed by atoms with Gasteiger partial charge in [-0.15, -0.1) is 0 Å². The number of halogens is 1. The SMILES string of the molecule is CNc1cc(C[S@@](=O)c2ccc(Cl)cc2)nc(C)n1. The lowest BCUT2D eigenvalue weighted by atomic mass is 10.4. The van der Waals surface area contributed by atoms with Crippen molar-refractivity contribution in [3.05, 3.63) is 46.9 Å². The Morgan fingerprint density at radius 2 is 1.95 bits per heavy atom. The summed E-state index contributed by atoms with van der Waals surface area (Å²) >= 11 is 5.81. The minimum Gasteiger partial charge on any atom is -0.373 e. The van der Waals surface area contributed by atoms with Crippen LogP contribution in [-0.4, -0.2) is 21.2 Å². The molecule has 2 rings (SSSR count). The molecule has 6 heteroatoms. The first-order valence-corrected chi connectivity index (χ1v) is 7.44. The molecule has 1 aromatic carbocycles. The number of benzene rings is 1. The minimum atomic E-state index is -1.14.